The number of aromatic nitrogens is 2. The van der Waals surface area contributed by atoms with Gasteiger partial charge < -0.3 is 34.9 Å². The van der Waals surface area contributed by atoms with E-state index in [9.17, 15) is 19.6 Å². The van der Waals surface area contributed by atoms with Crippen LogP contribution in [0.5, 0.6) is 0 Å². The second-order valence-corrected chi connectivity index (χ2v) is 14.8. The molecule has 6 N–H and O–H groups in total. The quantitative estimate of drug-likeness (QED) is 0.270. The molecule has 2 rings (SSSR count). The Labute approximate surface area is 175 Å². The maximum absolute atomic E-state index is 12.3. The van der Waals surface area contributed by atoms with Gasteiger partial charge in [-0.05, 0) is 18.1 Å². The molecule has 1 fully saturated rings. The lowest BCUT2D eigenvalue weighted by Crippen LogP contribution is -2.41. The summed E-state index contributed by atoms with van der Waals surface area (Å²) < 4.78 is 27.7. The number of phosphoric ester groups is 1. The minimum absolute atomic E-state index is 0.0237. The first-order valence-corrected chi connectivity index (χ1v) is 13.7. The zero-order valence-corrected chi connectivity index (χ0v) is 19.4. The number of rotatable bonds is 7. The molecular formula is C16H30N3O9PSi. The first kappa shape index (κ1) is 25.1. The highest BCUT2D eigenvalue weighted by molar-refractivity contribution is 7.46. The Morgan fingerprint density at radius 2 is 1.90 bits per heavy atom. The van der Waals surface area contributed by atoms with Crippen LogP contribution in [0.15, 0.2) is 11.0 Å². The highest BCUT2D eigenvalue weighted by Crippen LogP contribution is 2.39. The van der Waals surface area contributed by atoms with Crippen LogP contribution in [0.25, 0.3) is 0 Å². The van der Waals surface area contributed by atoms with Crippen molar-refractivity contribution >= 4 is 22.0 Å². The van der Waals surface area contributed by atoms with Crippen molar-refractivity contribution in [2.45, 2.75) is 70.1 Å². The standard InChI is InChI=1S/C16H30N3O9PSi/c1-16(2,3)30(4,5)27-7-9-6-19(15(22)18-13(9)17)14-12(21)11(20)10(28-14)8-26-29(23,24)25/h6,10-12,14,20-21H,7-8H2,1-5H3,(H2,17,18,22)(H2,23,24,25)/t10?,11-,12?,14?/m1/s1. The van der Waals surface area contributed by atoms with Gasteiger partial charge in [-0.1, -0.05) is 20.8 Å². The van der Waals surface area contributed by atoms with Gasteiger partial charge in [-0.2, -0.15) is 4.98 Å². The zero-order valence-electron chi connectivity index (χ0n) is 17.6. The molecule has 1 saturated heterocycles. The summed E-state index contributed by atoms with van der Waals surface area (Å²) in [7, 11) is -6.92. The summed E-state index contributed by atoms with van der Waals surface area (Å²) in [6.07, 6.45) is -4.39. The number of hydrogen-bond acceptors (Lipinski definition) is 9. The molecule has 1 aromatic heterocycles. The fourth-order valence-corrected chi connectivity index (χ4v) is 3.85. The lowest BCUT2D eigenvalue weighted by molar-refractivity contribution is -0.0543. The molecule has 0 amide bonds. The second-order valence-electron chi connectivity index (χ2n) is 8.72. The average Bonchev–Trinajstić information content (AvgIpc) is 2.86. The van der Waals surface area contributed by atoms with E-state index in [0.717, 1.165) is 4.57 Å². The number of nitrogens with zero attached hydrogens (tertiary/aromatic N) is 2. The minimum Gasteiger partial charge on any atom is -0.412 e. The van der Waals surface area contributed by atoms with Gasteiger partial charge in [0.1, 0.15) is 24.1 Å². The highest BCUT2D eigenvalue weighted by Gasteiger charge is 2.45. The molecule has 14 heteroatoms. The molecule has 1 aliphatic heterocycles. The SMILES string of the molecule is CC(C)(C)[Si](C)(C)OCc1cn(C2OC(COP(=O)(O)O)[C@@H](O)C2O)c(=O)nc1N. The van der Waals surface area contributed by atoms with Gasteiger partial charge in [-0.3, -0.25) is 9.09 Å². The Morgan fingerprint density at radius 1 is 1.30 bits per heavy atom. The van der Waals surface area contributed by atoms with Gasteiger partial charge in [0.2, 0.25) is 0 Å². The summed E-state index contributed by atoms with van der Waals surface area (Å²) in [5.74, 6) is -0.0237. The fourth-order valence-electron chi connectivity index (χ4n) is 2.56. The van der Waals surface area contributed by atoms with Crippen LogP contribution >= 0.6 is 7.82 Å². The van der Waals surface area contributed by atoms with Crippen molar-refractivity contribution < 1.29 is 38.3 Å². The third kappa shape index (κ3) is 5.75. The zero-order chi connectivity index (χ0) is 23.1. The molecule has 30 heavy (non-hydrogen) atoms. The van der Waals surface area contributed by atoms with E-state index in [-0.39, 0.29) is 17.5 Å². The number of aliphatic hydroxyl groups excluding tert-OH is 2. The summed E-state index contributed by atoms with van der Waals surface area (Å²) in [5.41, 5.74) is 5.44. The van der Waals surface area contributed by atoms with E-state index in [2.05, 4.69) is 43.4 Å². The monoisotopic (exact) mass is 467 g/mol. The Hall–Kier alpha value is -1.15. The van der Waals surface area contributed by atoms with E-state index in [1.165, 1.54) is 6.20 Å². The van der Waals surface area contributed by atoms with Crippen molar-refractivity contribution in [3.8, 4) is 0 Å². The van der Waals surface area contributed by atoms with Crippen LogP contribution in [-0.2, 0) is 24.9 Å². The molecule has 1 aromatic rings. The summed E-state index contributed by atoms with van der Waals surface area (Å²) in [6.45, 7) is 9.74. The number of nitrogens with two attached hydrogens (primary N) is 1. The summed E-state index contributed by atoms with van der Waals surface area (Å²) >= 11 is 0. The van der Waals surface area contributed by atoms with Crippen molar-refractivity contribution in [2.75, 3.05) is 12.3 Å². The van der Waals surface area contributed by atoms with Gasteiger partial charge in [0, 0.05) is 11.8 Å². The Kier molecular flexibility index (Phi) is 7.34. The van der Waals surface area contributed by atoms with Crippen LogP contribution in [-0.4, -0.2) is 62.8 Å². The van der Waals surface area contributed by atoms with Crippen molar-refractivity contribution in [1.29, 1.82) is 0 Å². The highest BCUT2D eigenvalue weighted by atomic mass is 31.2. The van der Waals surface area contributed by atoms with E-state index in [4.69, 9.17) is 24.7 Å². The molecular weight excluding hydrogens is 437 g/mol. The van der Waals surface area contributed by atoms with Gasteiger partial charge in [0.15, 0.2) is 14.5 Å². The minimum atomic E-state index is -4.80. The molecule has 12 nitrogen and oxygen atoms in total. The van der Waals surface area contributed by atoms with E-state index < -0.39 is 53.0 Å². The lowest BCUT2D eigenvalue weighted by atomic mass is 10.1. The summed E-state index contributed by atoms with van der Waals surface area (Å²) in [5, 5.41) is 20.4. The third-order valence-electron chi connectivity index (χ3n) is 5.47. The third-order valence-corrected chi connectivity index (χ3v) is 10.4. The number of nitrogen functional groups attached to an aromatic ring is 1. The first-order chi connectivity index (χ1) is 13.5. The van der Waals surface area contributed by atoms with E-state index in [0.29, 0.717) is 5.56 Å². The van der Waals surface area contributed by atoms with E-state index in [1.807, 2.05) is 0 Å². The number of aliphatic hydroxyl groups is 2. The van der Waals surface area contributed by atoms with Gasteiger partial charge in [0.25, 0.3) is 0 Å². The Morgan fingerprint density at radius 3 is 2.43 bits per heavy atom. The number of ether oxygens (including phenoxy) is 1. The molecule has 0 bridgehead atoms. The van der Waals surface area contributed by atoms with Crippen molar-refractivity contribution in [1.82, 2.24) is 9.55 Å². The first-order valence-electron chi connectivity index (χ1n) is 9.26. The van der Waals surface area contributed by atoms with Gasteiger partial charge in [0.05, 0.1) is 13.2 Å². The van der Waals surface area contributed by atoms with Gasteiger partial charge in [-0.15, -0.1) is 0 Å². The molecule has 0 aromatic carbocycles. The molecule has 3 unspecified atom stereocenters. The molecule has 4 atom stereocenters. The summed E-state index contributed by atoms with van der Waals surface area (Å²) in [4.78, 5) is 33.7. The fraction of sp³-hybridized carbons (Fsp3) is 0.750. The van der Waals surface area contributed by atoms with Crippen molar-refractivity contribution in [2.24, 2.45) is 0 Å². The smallest absolute Gasteiger partial charge is 0.412 e. The van der Waals surface area contributed by atoms with Crippen LogP contribution in [0, 0.1) is 0 Å². The molecule has 0 aliphatic carbocycles. The largest absolute Gasteiger partial charge is 0.469 e. The normalized spacial score (nSPS) is 25.6. The average molecular weight is 467 g/mol. The van der Waals surface area contributed by atoms with Crippen LogP contribution in [0.2, 0.25) is 18.1 Å². The predicted octanol–water partition coefficient (Wildman–Crippen LogP) is 0.0758. The van der Waals surface area contributed by atoms with Crippen LogP contribution in [0.3, 0.4) is 0 Å². The molecule has 0 radical (unpaired) electrons. The number of hydrogen-bond donors (Lipinski definition) is 5. The second kappa shape index (κ2) is 8.77. The van der Waals surface area contributed by atoms with Gasteiger partial charge in [-0.25, -0.2) is 9.36 Å². The molecule has 1 aliphatic rings. The van der Waals surface area contributed by atoms with Crippen LogP contribution < -0.4 is 11.4 Å². The van der Waals surface area contributed by atoms with Crippen LogP contribution in [0.4, 0.5) is 5.82 Å². The molecule has 0 saturated carbocycles. The topological polar surface area (TPSA) is 187 Å². The molecule has 0 spiro atoms. The summed E-state index contributed by atoms with van der Waals surface area (Å²) in [6, 6.07) is 0. The Bertz CT molecular complexity index is 866. The molecule has 172 valence electrons. The molecule has 2 heterocycles. The Balaban J connectivity index is 2.24. The van der Waals surface area contributed by atoms with Crippen molar-refractivity contribution in [3.05, 3.63) is 22.2 Å². The predicted molar refractivity (Wildman–Crippen MR) is 109 cm³/mol. The maximum atomic E-state index is 12.3. The number of phosphoric acid groups is 1. The van der Waals surface area contributed by atoms with Crippen LogP contribution in [0.1, 0.15) is 32.6 Å². The van der Waals surface area contributed by atoms with E-state index in [1.54, 1.807) is 0 Å². The lowest BCUT2D eigenvalue weighted by Gasteiger charge is -2.36. The van der Waals surface area contributed by atoms with Gasteiger partial charge >= 0.3 is 13.5 Å². The maximum Gasteiger partial charge on any atom is 0.469 e. The van der Waals surface area contributed by atoms with E-state index >= 15 is 0 Å². The number of anilines is 1. The van der Waals surface area contributed by atoms with Crippen molar-refractivity contribution in [3.63, 3.8) is 0 Å².